The third-order valence-electron chi connectivity index (χ3n) is 3.40. The second-order valence-electron chi connectivity index (χ2n) is 6.66. The van der Waals surface area contributed by atoms with E-state index in [1.807, 2.05) is 0 Å². The van der Waals surface area contributed by atoms with Crippen LogP contribution in [0.3, 0.4) is 0 Å². The van der Waals surface area contributed by atoms with Crippen LogP contribution in [-0.2, 0) is 9.53 Å². The Labute approximate surface area is 154 Å². The summed E-state index contributed by atoms with van der Waals surface area (Å²) in [7, 11) is 0. The van der Waals surface area contributed by atoms with E-state index in [0.717, 1.165) is 0 Å². The number of hydrogen-bond acceptors (Lipinski definition) is 4. The Morgan fingerprint density at radius 2 is 2.08 bits per heavy atom. The van der Waals surface area contributed by atoms with Crippen LogP contribution < -0.4 is 5.32 Å². The van der Waals surface area contributed by atoms with Crippen molar-refractivity contribution in [1.29, 1.82) is 0 Å². The predicted octanol–water partition coefficient (Wildman–Crippen LogP) is 3.41. The molecule has 1 aromatic carbocycles. The summed E-state index contributed by atoms with van der Waals surface area (Å²) in [5, 5.41) is 13.1. The van der Waals surface area contributed by atoms with Gasteiger partial charge in [-0.1, -0.05) is 11.6 Å². The van der Waals surface area contributed by atoms with E-state index >= 15 is 0 Å². The molecule has 0 bridgehead atoms. The Bertz CT molecular complexity index is 647. The van der Waals surface area contributed by atoms with E-state index in [1.165, 1.54) is 4.90 Å². The topological polar surface area (TPSA) is 78.9 Å². The number of benzene rings is 1. The van der Waals surface area contributed by atoms with Crippen LogP contribution in [0.2, 0.25) is 5.02 Å². The smallest absolute Gasteiger partial charge is 0.411 e. The molecule has 1 aromatic rings. The van der Waals surface area contributed by atoms with Crippen molar-refractivity contribution in [1.82, 2.24) is 4.90 Å². The lowest BCUT2D eigenvalue weighted by molar-refractivity contribution is -0.120. The van der Waals surface area contributed by atoms with Gasteiger partial charge in [-0.05, 0) is 54.9 Å². The minimum atomic E-state index is -0.788. The third-order valence-corrected chi connectivity index (χ3v) is 4.61. The number of hydrogen-bond donors (Lipinski definition) is 2. The van der Waals surface area contributed by atoms with Crippen LogP contribution in [-0.4, -0.2) is 46.3 Å². The molecular formula is C16H20BrClN2O4. The van der Waals surface area contributed by atoms with Crippen molar-refractivity contribution >= 4 is 45.2 Å². The second kappa shape index (κ2) is 7.29. The molecule has 1 saturated heterocycles. The third kappa shape index (κ3) is 4.84. The zero-order valence-corrected chi connectivity index (χ0v) is 16.0. The van der Waals surface area contributed by atoms with E-state index in [0.29, 0.717) is 15.2 Å². The molecular weight excluding hydrogens is 400 g/mol. The summed E-state index contributed by atoms with van der Waals surface area (Å²) < 4.78 is 5.96. The maximum absolute atomic E-state index is 12.5. The van der Waals surface area contributed by atoms with E-state index < -0.39 is 23.8 Å². The average molecular weight is 420 g/mol. The van der Waals surface area contributed by atoms with E-state index in [2.05, 4.69) is 21.2 Å². The number of aliphatic hydroxyl groups excluding tert-OH is 1. The molecule has 132 valence electrons. The molecule has 2 unspecified atom stereocenters. The second-order valence-corrected chi connectivity index (χ2v) is 7.92. The standard InChI is InChI=1S/C16H20BrClN2O4/c1-16(2,3)24-15(23)20-8-10(21)7-13(20)14(22)19-9-4-5-12(18)11(17)6-9/h4-6,10,13,21H,7-8H2,1-3H3,(H,19,22). The summed E-state index contributed by atoms with van der Waals surface area (Å²) in [4.78, 5) is 26.0. The number of β-amino-alcohol motifs (C(OH)–C–C–N with tert-alkyl or cyclic N) is 1. The number of nitrogens with zero attached hydrogens (tertiary/aromatic N) is 1. The van der Waals surface area contributed by atoms with Crippen LogP contribution in [0, 0.1) is 0 Å². The van der Waals surface area contributed by atoms with E-state index in [4.69, 9.17) is 16.3 Å². The minimum Gasteiger partial charge on any atom is -0.444 e. The van der Waals surface area contributed by atoms with Gasteiger partial charge in [-0.15, -0.1) is 0 Å². The van der Waals surface area contributed by atoms with Crippen LogP contribution in [0.15, 0.2) is 22.7 Å². The molecule has 6 nitrogen and oxygen atoms in total. The number of likely N-dealkylation sites (tertiary alicyclic amines) is 1. The van der Waals surface area contributed by atoms with Crippen molar-refractivity contribution in [2.75, 3.05) is 11.9 Å². The van der Waals surface area contributed by atoms with Crippen LogP contribution >= 0.6 is 27.5 Å². The Balaban J connectivity index is 2.10. The van der Waals surface area contributed by atoms with E-state index in [-0.39, 0.29) is 18.9 Å². The lowest BCUT2D eigenvalue weighted by Crippen LogP contribution is -2.45. The lowest BCUT2D eigenvalue weighted by atomic mass is 10.2. The Kier molecular flexibility index (Phi) is 5.78. The van der Waals surface area contributed by atoms with Crippen molar-refractivity contribution in [2.24, 2.45) is 0 Å². The minimum absolute atomic E-state index is 0.0668. The molecule has 24 heavy (non-hydrogen) atoms. The fraction of sp³-hybridized carbons (Fsp3) is 0.500. The normalized spacial score (nSPS) is 20.8. The zero-order valence-electron chi connectivity index (χ0n) is 13.7. The van der Waals surface area contributed by atoms with E-state index in [1.54, 1.807) is 39.0 Å². The molecule has 1 fully saturated rings. The van der Waals surface area contributed by atoms with Gasteiger partial charge in [-0.25, -0.2) is 4.79 Å². The number of amides is 2. The maximum atomic E-state index is 12.5. The van der Waals surface area contributed by atoms with Gasteiger partial charge in [0.2, 0.25) is 5.91 Å². The maximum Gasteiger partial charge on any atom is 0.411 e. The van der Waals surface area contributed by atoms with Crippen LogP contribution in [0.4, 0.5) is 10.5 Å². The average Bonchev–Trinajstić information content (AvgIpc) is 2.83. The molecule has 2 atom stereocenters. The largest absolute Gasteiger partial charge is 0.444 e. The summed E-state index contributed by atoms with van der Waals surface area (Å²) in [5.41, 5.74) is -0.131. The highest BCUT2D eigenvalue weighted by atomic mass is 79.9. The van der Waals surface area contributed by atoms with Crippen LogP contribution in [0.1, 0.15) is 27.2 Å². The van der Waals surface area contributed by atoms with Gasteiger partial charge in [0.1, 0.15) is 11.6 Å². The Morgan fingerprint density at radius 1 is 1.42 bits per heavy atom. The first kappa shape index (κ1) is 19.0. The summed E-state index contributed by atoms with van der Waals surface area (Å²) in [6.07, 6.45) is -1.21. The number of carbonyl (C=O) groups excluding carboxylic acids is 2. The first-order valence-corrected chi connectivity index (χ1v) is 8.67. The number of ether oxygens (including phenoxy) is 1. The Hall–Kier alpha value is -1.31. The van der Waals surface area contributed by atoms with Crippen molar-refractivity contribution in [2.45, 2.75) is 44.9 Å². The van der Waals surface area contributed by atoms with Gasteiger partial charge in [0, 0.05) is 16.6 Å². The molecule has 1 aliphatic rings. The molecule has 1 heterocycles. The van der Waals surface area contributed by atoms with Gasteiger partial charge in [0.15, 0.2) is 0 Å². The SMILES string of the molecule is CC(C)(C)OC(=O)N1CC(O)CC1C(=O)Nc1ccc(Cl)c(Br)c1. The number of carbonyl (C=O) groups is 2. The molecule has 2 N–H and O–H groups in total. The van der Waals surface area contributed by atoms with Crippen molar-refractivity contribution in [3.05, 3.63) is 27.7 Å². The van der Waals surface area contributed by atoms with Crippen molar-refractivity contribution < 1.29 is 19.4 Å². The fourth-order valence-electron chi connectivity index (χ4n) is 2.38. The van der Waals surface area contributed by atoms with Gasteiger partial charge in [-0.3, -0.25) is 9.69 Å². The van der Waals surface area contributed by atoms with Gasteiger partial charge < -0.3 is 15.2 Å². The van der Waals surface area contributed by atoms with Gasteiger partial charge in [0.25, 0.3) is 0 Å². The first-order valence-electron chi connectivity index (χ1n) is 7.50. The van der Waals surface area contributed by atoms with Gasteiger partial charge in [0.05, 0.1) is 17.7 Å². The number of rotatable bonds is 2. The summed E-state index contributed by atoms with van der Waals surface area (Å²) in [6.45, 7) is 5.31. The lowest BCUT2D eigenvalue weighted by Gasteiger charge is -2.27. The molecule has 8 heteroatoms. The molecule has 2 rings (SSSR count). The number of anilines is 1. The first-order chi connectivity index (χ1) is 11.1. The number of nitrogens with one attached hydrogen (secondary N) is 1. The van der Waals surface area contributed by atoms with Crippen LogP contribution in [0.25, 0.3) is 0 Å². The highest BCUT2D eigenvalue weighted by Crippen LogP contribution is 2.27. The highest BCUT2D eigenvalue weighted by molar-refractivity contribution is 9.10. The highest BCUT2D eigenvalue weighted by Gasteiger charge is 2.40. The van der Waals surface area contributed by atoms with E-state index in [9.17, 15) is 14.7 Å². The zero-order chi connectivity index (χ0) is 18.1. The number of halogens is 2. The van der Waals surface area contributed by atoms with Gasteiger partial charge in [-0.2, -0.15) is 0 Å². The van der Waals surface area contributed by atoms with Gasteiger partial charge >= 0.3 is 6.09 Å². The van der Waals surface area contributed by atoms with Crippen LogP contribution in [0.5, 0.6) is 0 Å². The van der Waals surface area contributed by atoms with Crippen molar-refractivity contribution in [3.63, 3.8) is 0 Å². The molecule has 0 spiro atoms. The monoisotopic (exact) mass is 418 g/mol. The predicted molar refractivity (Wildman–Crippen MR) is 95.1 cm³/mol. The summed E-state index contributed by atoms with van der Waals surface area (Å²) >= 11 is 9.22. The molecule has 2 amide bonds. The number of aliphatic hydroxyl groups is 1. The van der Waals surface area contributed by atoms with Crippen molar-refractivity contribution in [3.8, 4) is 0 Å². The Morgan fingerprint density at radius 3 is 2.67 bits per heavy atom. The molecule has 0 aliphatic carbocycles. The molecule has 0 aromatic heterocycles. The molecule has 0 radical (unpaired) electrons. The summed E-state index contributed by atoms with van der Waals surface area (Å²) in [5.74, 6) is -0.383. The molecule has 0 saturated carbocycles. The molecule has 1 aliphatic heterocycles. The quantitative estimate of drug-likeness (QED) is 0.770. The fourth-order valence-corrected chi connectivity index (χ4v) is 2.88. The summed E-state index contributed by atoms with van der Waals surface area (Å²) in [6, 6.07) is 4.19.